The number of carbonyl (C=O) groups excluding carboxylic acids is 1. The summed E-state index contributed by atoms with van der Waals surface area (Å²) in [7, 11) is 0. The van der Waals surface area contributed by atoms with Gasteiger partial charge in [0.15, 0.2) is 0 Å². The highest BCUT2D eigenvalue weighted by Gasteiger charge is 2.14. The molecule has 0 aliphatic carbocycles. The minimum Gasteiger partial charge on any atom is -0.366 e. The first-order valence-corrected chi connectivity index (χ1v) is 7.99. The molecule has 0 radical (unpaired) electrons. The first-order chi connectivity index (χ1) is 12.6. The number of rotatable bonds is 3. The van der Waals surface area contributed by atoms with Crippen LogP contribution in [0.4, 0.5) is 0 Å². The molecular formula is C20H14N4O2. The molecule has 0 atom stereocenters. The van der Waals surface area contributed by atoms with Gasteiger partial charge in [0.25, 0.3) is 5.56 Å². The van der Waals surface area contributed by atoms with Crippen molar-refractivity contribution < 1.29 is 4.79 Å². The Balaban J connectivity index is 2.01. The summed E-state index contributed by atoms with van der Waals surface area (Å²) in [6, 6.07) is 19.5. The Kier molecular flexibility index (Phi) is 3.78. The molecule has 4 aromatic rings. The predicted octanol–water partition coefficient (Wildman–Crippen LogP) is 2.55. The standard InChI is InChI=1S/C20H14N4O2/c21-19(25)14-10-8-13(9-11-14)17-16-7-4-12-22-18(16)20(26)24(23-17)15-5-2-1-3-6-15/h1-12H,(H2,21,25). The molecule has 0 saturated heterocycles. The van der Waals surface area contributed by atoms with E-state index < -0.39 is 5.91 Å². The third-order valence-corrected chi connectivity index (χ3v) is 4.10. The Hall–Kier alpha value is -3.80. The van der Waals surface area contributed by atoms with E-state index in [0.717, 1.165) is 5.56 Å². The minimum absolute atomic E-state index is 0.288. The Morgan fingerprint density at radius 3 is 2.35 bits per heavy atom. The lowest BCUT2D eigenvalue weighted by molar-refractivity contribution is 0.100. The Morgan fingerprint density at radius 2 is 1.65 bits per heavy atom. The van der Waals surface area contributed by atoms with Crippen molar-refractivity contribution in [2.45, 2.75) is 0 Å². The third kappa shape index (κ3) is 2.63. The smallest absolute Gasteiger partial charge is 0.297 e. The van der Waals surface area contributed by atoms with Crippen LogP contribution in [-0.2, 0) is 0 Å². The molecule has 2 heterocycles. The monoisotopic (exact) mass is 342 g/mol. The number of carbonyl (C=O) groups is 1. The van der Waals surface area contributed by atoms with Gasteiger partial charge in [0.2, 0.25) is 5.91 Å². The number of aromatic nitrogens is 3. The number of para-hydroxylation sites is 1. The van der Waals surface area contributed by atoms with E-state index in [0.29, 0.717) is 27.8 Å². The second-order valence-electron chi connectivity index (χ2n) is 5.74. The molecule has 0 fully saturated rings. The summed E-state index contributed by atoms with van der Waals surface area (Å²) in [6.45, 7) is 0. The number of fused-ring (bicyclic) bond motifs is 1. The maximum Gasteiger partial charge on any atom is 0.297 e. The van der Waals surface area contributed by atoms with Crippen LogP contribution in [0.1, 0.15) is 10.4 Å². The second-order valence-corrected chi connectivity index (χ2v) is 5.74. The van der Waals surface area contributed by atoms with Crippen molar-refractivity contribution in [1.29, 1.82) is 0 Å². The first-order valence-electron chi connectivity index (χ1n) is 7.99. The SMILES string of the molecule is NC(=O)c1ccc(-c2nn(-c3ccccc3)c(=O)c3ncccc23)cc1. The summed E-state index contributed by atoms with van der Waals surface area (Å²) in [5, 5.41) is 5.21. The van der Waals surface area contributed by atoms with Gasteiger partial charge in [0.05, 0.1) is 5.69 Å². The van der Waals surface area contributed by atoms with Crippen LogP contribution in [0, 0.1) is 0 Å². The van der Waals surface area contributed by atoms with E-state index >= 15 is 0 Å². The van der Waals surface area contributed by atoms with Crippen molar-refractivity contribution in [1.82, 2.24) is 14.8 Å². The Morgan fingerprint density at radius 1 is 0.923 bits per heavy atom. The van der Waals surface area contributed by atoms with Gasteiger partial charge < -0.3 is 5.73 Å². The summed E-state index contributed by atoms with van der Waals surface area (Å²) < 4.78 is 1.34. The lowest BCUT2D eigenvalue weighted by atomic mass is 10.1. The number of amides is 1. The van der Waals surface area contributed by atoms with Gasteiger partial charge in [-0.05, 0) is 36.4 Å². The average Bonchev–Trinajstić information content (AvgIpc) is 2.69. The van der Waals surface area contributed by atoms with Crippen LogP contribution < -0.4 is 11.3 Å². The molecule has 0 saturated carbocycles. The van der Waals surface area contributed by atoms with Crippen molar-refractivity contribution >= 4 is 16.8 Å². The van der Waals surface area contributed by atoms with Crippen molar-refractivity contribution in [3.05, 3.63) is 88.8 Å². The van der Waals surface area contributed by atoms with Gasteiger partial charge in [-0.3, -0.25) is 14.6 Å². The van der Waals surface area contributed by atoms with E-state index in [-0.39, 0.29) is 5.56 Å². The molecule has 0 aliphatic rings. The number of nitrogens with zero attached hydrogens (tertiary/aromatic N) is 3. The van der Waals surface area contributed by atoms with Crippen LogP contribution in [-0.4, -0.2) is 20.7 Å². The van der Waals surface area contributed by atoms with Gasteiger partial charge in [0.1, 0.15) is 11.2 Å². The summed E-state index contributed by atoms with van der Waals surface area (Å²) in [5.74, 6) is -0.495. The summed E-state index contributed by atoms with van der Waals surface area (Å²) in [6.07, 6.45) is 1.58. The Bertz CT molecular complexity index is 1170. The van der Waals surface area contributed by atoms with Gasteiger partial charge in [0, 0.05) is 22.7 Å². The molecule has 2 aromatic heterocycles. The van der Waals surface area contributed by atoms with Crippen LogP contribution in [0.25, 0.3) is 27.8 Å². The highest BCUT2D eigenvalue weighted by atomic mass is 16.1. The number of nitrogens with two attached hydrogens (primary N) is 1. The van der Waals surface area contributed by atoms with Crippen molar-refractivity contribution in [3.63, 3.8) is 0 Å². The maximum absolute atomic E-state index is 12.8. The van der Waals surface area contributed by atoms with Crippen LogP contribution in [0.5, 0.6) is 0 Å². The van der Waals surface area contributed by atoms with Gasteiger partial charge >= 0.3 is 0 Å². The fourth-order valence-corrected chi connectivity index (χ4v) is 2.82. The molecular weight excluding hydrogens is 328 g/mol. The van der Waals surface area contributed by atoms with E-state index in [4.69, 9.17) is 5.73 Å². The van der Waals surface area contributed by atoms with Crippen LogP contribution in [0.3, 0.4) is 0 Å². The van der Waals surface area contributed by atoms with Gasteiger partial charge in [-0.25, -0.2) is 0 Å². The minimum atomic E-state index is -0.495. The molecule has 2 aromatic carbocycles. The van der Waals surface area contributed by atoms with E-state index in [1.54, 1.807) is 36.5 Å². The van der Waals surface area contributed by atoms with Crippen LogP contribution in [0.15, 0.2) is 77.7 Å². The maximum atomic E-state index is 12.8. The number of primary amides is 1. The molecule has 126 valence electrons. The van der Waals surface area contributed by atoms with Crippen LogP contribution in [0.2, 0.25) is 0 Å². The van der Waals surface area contributed by atoms with E-state index in [1.807, 2.05) is 36.4 Å². The summed E-state index contributed by atoms with van der Waals surface area (Å²) in [4.78, 5) is 28.4. The molecule has 0 bridgehead atoms. The molecule has 0 spiro atoms. The quantitative estimate of drug-likeness (QED) is 0.619. The second kappa shape index (κ2) is 6.25. The highest BCUT2D eigenvalue weighted by Crippen LogP contribution is 2.24. The topological polar surface area (TPSA) is 90.9 Å². The zero-order chi connectivity index (χ0) is 18.1. The fourth-order valence-electron chi connectivity index (χ4n) is 2.82. The number of hydrogen-bond acceptors (Lipinski definition) is 4. The van der Waals surface area contributed by atoms with E-state index in [1.165, 1.54) is 4.68 Å². The molecule has 0 unspecified atom stereocenters. The fraction of sp³-hybridized carbons (Fsp3) is 0. The molecule has 2 N–H and O–H groups in total. The first kappa shape index (κ1) is 15.7. The largest absolute Gasteiger partial charge is 0.366 e. The molecule has 6 nitrogen and oxygen atoms in total. The number of hydrogen-bond donors (Lipinski definition) is 1. The van der Waals surface area contributed by atoms with Crippen molar-refractivity contribution in [3.8, 4) is 16.9 Å². The lowest BCUT2D eigenvalue weighted by Crippen LogP contribution is -2.23. The molecule has 6 heteroatoms. The molecule has 1 amide bonds. The third-order valence-electron chi connectivity index (χ3n) is 4.10. The van der Waals surface area contributed by atoms with Crippen molar-refractivity contribution in [2.24, 2.45) is 5.73 Å². The zero-order valence-corrected chi connectivity index (χ0v) is 13.7. The zero-order valence-electron chi connectivity index (χ0n) is 13.7. The van der Waals surface area contributed by atoms with E-state index in [9.17, 15) is 9.59 Å². The lowest BCUT2D eigenvalue weighted by Gasteiger charge is -2.11. The number of benzene rings is 2. The normalized spacial score (nSPS) is 10.8. The van der Waals surface area contributed by atoms with E-state index in [2.05, 4.69) is 10.1 Å². The Labute approximate surface area is 148 Å². The average molecular weight is 342 g/mol. The summed E-state index contributed by atoms with van der Waals surface area (Å²) >= 11 is 0. The van der Waals surface area contributed by atoms with Gasteiger partial charge in [-0.1, -0.05) is 30.3 Å². The number of pyridine rings is 1. The summed E-state index contributed by atoms with van der Waals surface area (Å²) in [5.41, 5.74) is 7.78. The van der Waals surface area contributed by atoms with Gasteiger partial charge in [-0.15, -0.1) is 0 Å². The molecule has 0 aliphatic heterocycles. The van der Waals surface area contributed by atoms with Crippen LogP contribution >= 0.6 is 0 Å². The van der Waals surface area contributed by atoms with Gasteiger partial charge in [-0.2, -0.15) is 9.78 Å². The van der Waals surface area contributed by atoms with Crippen molar-refractivity contribution in [2.75, 3.05) is 0 Å². The predicted molar refractivity (Wildman–Crippen MR) is 99.1 cm³/mol. The molecule has 26 heavy (non-hydrogen) atoms. The molecule has 4 rings (SSSR count). The highest BCUT2D eigenvalue weighted by molar-refractivity contribution is 5.95.